The lowest BCUT2D eigenvalue weighted by Gasteiger charge is -2.38. The molecule has 2 heterocycles. The van der Waals surface area contributed by atoms with E-state index in [0.29, 0.717) is 11.3 Å². The molecular formula is C21H23FN4O4. The summed E-state index contributed by atoms with van der Waals surface area (Å²) in [6, 6.07) is 12.6. The van der Waals surface area contributed by atoms with E-state index in [2.05, 4.69) is 5.32 Å². The highest BCUT2D eigenvalue weighted by atomic mass is 19.1. The number of nitrogens with zero attached hydrogens (tertiary/aromatic N) is 2. The summed E-state index contributed by atoms with van der Waals surface area (Å²) in [4.78, 5) is 25.2. The summed E-state index contributed by atoms with van der Waals surface area (Å²) in [6.07, 6.45) is -1.68. The molecule has 30 heavy (non-hydrogen) atoms. The second kappa shape index (κ2) is 7.92. The van der Waals surface area contributed by atoms with Crippen molar-refractivity contribution in [2.24, 2.45) is 11.7 Å². The highest BCUT2D eigenvalue weighted by Crippen LogP contribution is 2.53. The van der Waals surface area contributed by atoms with E-state index in [0.717, 1.165) is 5.56 Å². The minimum Gasteiger partial charge on any atom is -0.493 e. The Morgan fingerprint density at radius 3 is 2.60 bits per heavy atom. The zero-order chi connectivity index (χ0) is 21.4. The average molecular weight is 414 g/mol. The zero-order valence-electron chi connectivity index (χ0n) is 16.6. The fourth-order valence-corrected chi connectivity index (χ4v) is 4.48. The van der Waals surface area contributed by atoms with Crippen molar-refractivity contribution in [3.63, 3.8) is 0 Å². The molecule has 1 fully saturated rings. The van der Waals surface area contributed by atoms with Gasteiger partial charge in [-0.1, -0.05) is 30.3 Å². The summed E-state index contributed by atoms with van der Waals surface area (Å²) in [7, 11) is 2.84. The molecule has 4 rings (SSSR count). The van der Waals surface area contributed by atoms with Crippen molar-refractivity contribution in [1.29, 1.82) is 0 Å². The fraction of sp³-hybridized carbons (Fsp3) is 0.333. The first-order valence-electron chi connectivity index (χ1n) is 9.57. The van der Waals surface area contributed by atoms with Crippen LogP contribution in [0.25, 0.3) is 0 Å². The molecule has 3 N–H and O–H groups in total. The second-order valence-electron chi connectivity index (χ2n) is 7.25. The lowest BCUT2D eigenvalue weighted by atomic mass is 9.84. The third-order valence-corrected chi connectivity index (χ3v) is 5.64. The van der Waals surface area contributed by atoms with E-state index in [1.54, 1.807) is 18.1 Å². The molecule has 0 spiro atoms. The van der Waals surface area contributed by atoms with Gasteiger partial charge in [0, 0.05) is 11.5 Å². The van der Waals surface area contributed by atoms with Crippen LogP contribution in [0.15, 0.2) is 48.5 Å². The molecule has 1 saturated heterocycles. The van der Waals surface area contributed by atoms with Gasteiger partial charge in [-0.05, 0) is 30.8 Å². The van der Waals surface area contributed by atoms with Gasteiger partial charge in [-0.25, -0.2) is 14.2 Å². The molecule has 0 bridgehead atoms. The summed E-state index contributed by atoms with van der Waals surface area (Å²) in [5.74, 6) is -0.911. The molecule has 158 valence electrons. The van der Waals surface area contributed by atoms with E-state index in [9.17, 15) is 14.0 Å². The quantitative estimate of drug-likeness (QED) is 0.794. The van der Waals surface area contributed by atoms with Gasteiger partial charge >= 0.3 is 6.09 Å². The highest BCUT2D eigenvalue weighted by Gasteiger charge is 2.57. The third kappa shape index (κ3) is 3.16. The molecule has 2 aromatic carbocycles. The van der Waals surface area contributed by atoms with E-state index in [1.165, 1.54) is 24.3 Å². The lowest BCUT2D eigenvalue weighted by Crippen LogP contribution is -2.58. The van der Waals surface area contributed by atoms with Crippen molar-refractivity contribution in [1.82, 2.24) is 15.3 Å². The van der Waals surface area contributed by atoms with E-state index in [4.69, 9.17) is 15.2 Å². The van der Waals surface area contributed by atoms with Gasteiger partial charge in [0.2, 0.25) is 0 Å². The van der Waals surface area contributed by atoms with E-state index >= 15 is 0 Å². The number of benzene rings is 2. The number of likely N-dealkylation sites (N-methyl/N-ethyl adjacent to an activating group) is 1. The summed E-state index contributed by atoms with van der Waals surface area (Å²) in [5.41, 5.74) is 7.04. The predicted octanol–water partition coefficient (Wildman–Crippen LogP) is 1.95. The number of hydrogen-bond donors (Lipinski definition) is 2. The monoisotopic (exact) mass is 414 g/mol. The number of carbonyl (C=O) groups excluding carboxylic acids is 2. The van der Waals surface area contributed by atoms with Gasteiger partial charge in [-0.15, -0.1) is 0 Å². The highest BCUT2D eigenvalue weighted by molar-refractivity contribution is 5.80. The third-order valence-electron chi connectivity index (χ3n) is 5.64. The molecule has 0 aromatic heterocycles. The summed E-state index contributed by atoms with van der Waals surface area (Å²) in [6.45, 7) is 0.266. The largest absolute Gasteiger partial charge is 0.493 e. The van der Waals surface area contributed by atoms with Gasteiger partial charge in [-0.2, -0.15) is 5.01 Å². The van der Waals surface area contributed by atoms with Crippen molar-refractivity contribution in [3.8, 4) is 5.75 Å². The normalized spacial score (nSPS) is 23.8. The van der Waals surface area contributed by atoms with Gasteiger partial charge in [0.25, 0.3) is 5.91 Å². The number of fused-ring (bicyclic) bond motifs is 3. The standard InChI is InChI=1S/C21H23FN4O4/c1-24-20(19(23)27)25-18-14-10-13(22)8-9-16(14)30-11-15(18)17(26(25)21(28)29-2)12-6-4-3-5-7-12/h3-10,15,17-18,20,24H,11H2,1-2H3,(H2,23,27)/t15-,17+,18?,20?/m0/s1. The van der Waals surface area contributed by atoms with Gasteiger partial charge in [0.1, 0.15) is 11.6 Å². The first kappa shape index (κ1) is 20.1. The Morgan fingerprint density at radius 2 is 1.97 bits per heavy atom. The maximum atomic E-state index is 14.2. The number of hydrazine groups is 1. The summed E-state index contributed by atoms with van der Waals surface area (Å²) >= 11 is 0. The van der Waals surface area contributed by atoms with E-state index in [1.807, 2.05) is 30.3 Å². The second-order valence-corrected chi connectivity index (χ2v) is 7.25. The minimum atomic E-state index is -1.03. The molecule has 0 radical (unpaired) electrons. The molecular weight excluding hydrogens is 391 g/mol. The van der Waals surface area contributed by atoms with Gasteiger partial charge in [0.05, 0.1) is 25.8 Å². The predicted molar refractivity (Wildman–Crippen MR) is 105 cm³/mol. The summed E-state index contributed by atoms with van der Waals surface area (Å²) in [5, 5.41) is 5.81. The first-order valence-corrected chi connectivity index (χ1v) is 9.57. The Morgan fingerprint density at radius 1 is 1.23 bits per heavy atom. The van der Waals surface area contributed by atoms with Crippen LogP contribution in [0.4, 0.5) is 9.18 Å². The Hall–Kier alpha value is -3.17. The van der Waals surface area contributed by atoms with Crippen LogP contribution in [0.1, 0.15) is 23.2 Å². The smallest absolute Gasteiger partial charge is 0.424 e. The summed E-state index contributed by atoms with van der Waals surface area (Å²) < 4.78 is 25.2. The molecule has 0 aliphatic carbocycles. The zero-order valence-corrected chi connectivity index (χ0v) is 16.6. The molecule has 2 amide bonds. The number of halogens is 1. The van der Waals surface area contributed by atoms with Crippen LogP contribution in [-0.2, 0) is 9.53 Å². The Balaban J connectivity index is 1.94. The van der Waals surface area contributed by atoms with E-state index < -0.39 is 36.1 Å². The number of nitrogens with one attached hydrogen (secondary N) is 1. The molecule has 2 aliphatic heterocycles. The van der Waals surface area contributed by atoms with Gasteiger partial charge in [0.15, 0.2) is 6.17 Å². The Kier molecular flexibility index (Phi) is 5.31. The van der Waals surface area contributed by atoms with Crippen molar-refractivity contribution in [2.75, 3.05) is 20.8 Å². The van der Waals surface area contributed by atoms with Gasteiger partial charge < -0.3 is 15.2 Å². The number of carbonyl (C=O) groups is 2. The van der Waals surface area contributed by atoms with Crippen LogP contribution in [0.2, 0.25) is 0 Å². The number of ether oxygens (including phenoxy) is 2. The molecule has 0 saturated carbocycles. The number of methoxy groups -OCH3 is 1. The van der Waals surface area contributed by atoms with E-state index in [-0.39, 0.29) is 12.5 Å². The van der Waals surface area contributed by atoms with Crippen LogP contribution in [0, 0.1) is 11.7 Å². The van der Waals surface area contributed by atoms with Crippen LogP contribution in [0.5, 0.6) is 5.75 Å². The van der Waals surface area contributed by atoms with Crippen LogP contribution < -0.4 is 15.8 Å². The van der Waals surface area contributed by atoms with Crippen molar-refractivity contribution < 1.29 is 23.5 Å². The maximum absolute atomic E-state index is 14.2. The number of nitrogens with two attached hydrogens (primary N) is 1. The first-order chi connectivity index (χ1) is 14.5. The average Bonchev–Trinajstić information content (AvgIpc) is 3.09. The fourth-order valence-electron chi connectivity index (χ4n) is 4.48. The van der Waals surface area contributed by atoms with Crippen LogP contribution in [-0.4, -0.2) is 48.9 Å². The molecule has 9 heteroatoms. The molecule has 2 unspecified atom stereocenters. The lowest BCUT2D eigenvalue weighted by molar-refractivity contribution is -0.134. The topological polar surface area (TPSA) is 97.1 Å². The molecule has 8 nitrogen and oxygen atoms in total. The molecule has 2 aromatic rings. The Labute approximate surface area is 173 Å². The maximum Gasteiger partial charge on any atom is 0.424 e. The van der Waals surface area contributed by atoms with Crippen molar-refractivity contribution in [2.45, 2.75) is 18.2 Å². The molecule has 2 aliphatic rings. The Bertz CT molecular complexity index is 957. The number of amides is 2. The van der Waals surface area contributed by atoms with Crippen molar-refractivity contribution in [3.05, 3.63) is 65.5 Å². The SMILES string of the molecule is CNC(C(N)=O)N1C2c3cc(F)ccc3OC[C@H]2[C@@H](c2ccccc2)N1C(=O)OC. The number of rotatable bonds is 4. The van der Waals surface area contributed by atoms with Gasteiger partial charge in [-0.3, -0.25) is 10.1 Å². The van der Waals surface area contributed by atoms with Crippen molar-refractivity contribution >= 4 is 12.0 Å². The van der Waals surface area contributed by atoms with Crippen LogP contribution >= 0.6 is 0 Å². The number of hydrogen-bond acceptors (Lipinski definition) is 6. The minimum absolute atomic E-state index is 0.266. The van der Waals surface area contributed by atoms with Crippen LogP contribution in [0.3, 0.4) is 0 Å². The molecule has 4 atom stereocenters. The number of primary amides is 1.